The monoisotopic (exact) mass is 302 g/mol. The van der Waals surface area contributed by atoms with Crippen molar-refractivity contribution in [1.29, 1.82) is 0 Å². The Morgan fingerprint density at radius 2 is 2.21 bits per heavy atom. The number of thiophene rings is 1. The minimum atomic E-state index is -3.11. The van der Waals surface area contributed by atoms with E-state index in [-0.39, 0.29) is 12.1 Å². The lowest BCUT2D eigenvalue weighted by atomic mass is 10.2. The van der Waals surface area contributed by atoms with Gasteiger partial charge in [0, 0.05) is 19.3 Å². The summed E-state index contributed by atoms with van der Waals surface area (Å²) < 4.78 is 23.5. The Bertz CT molecular complexity index is 539. The third kappa shape index (κ3) is 3.27. The number of hydrogen-bond acceptors (Lipinski definition) is 4. The molecule has 19 heavy (non-hydrogen) atoms. The van der Waals surface area contributed by atoms with E-state index >= 15 is 0 Å². The number of amides is 2. The number of hydrogen-bond donors (Lipinski definition) is 1. The summed E-state index contributed by atoms with van der Waals surface area (Å²) in [6, 6.07) is 3.20. The Balaban J connectivity index is 2.06. The van der Waals surface area contributed by atoms with Crippen molar-refractivity contribution in [3.8, 4) is 0 Å². The molecular weight excluding hydrogens is 284 g/mol. The number of urea groups is 1. The van der Waals surface area contributed by atoms with Crippen LogP contribution in [0.5, 0.6) is 0 Å². The molecule has 2 rings (SSSR count). The molecule has 0 aliphatic heterocycles. The Morgan fingerprint density at radius 3 is 2.79 bits per heavy atom. The van der Waals surface area contributed by atoms with Gasteiger partial charge in [-0.1, -0.05) is 0 Å². The van der Waals surface area contributed by atoms with Gasteiger partial charge in [-0.25, -0.2) is 13.2 Å². The maximum Gasteiger partial charge on any atom is 0.322 e. The molecule has 1 saturated carbocycles. The van der Waals surface area contributed by atoms with Crippen LogP contribution in [0.15, 0.2) is 17.5 Å². The van der Waals surface area contributed by atoms with Gasteiger partial charge < -0.3 is 4.90 Å². The molecule has 1 fully saturated rings. The van der Waals surface area contributed by atoms with Crippen LogP contribution in [-0.4, -0.2) is 43.9 Å². The van der Waals surface area contributed by atoms with Crippen LogP contribution in [0.1, 0.15) is 19.3 Å². The molecule has 5 nitrogen and oxygen atoms in total. The number of nitrogens with one attached hydrogen (secondary N) is 1. The molecule has 0 saturated heterocycles. The zero-order valence-electron chi connectivity index (χ0n) is 11.0. The average Bonchev–Trinajstić information content (AvgIpc) is 2.96. The topological polar surface area (TPSA) is 66.5 Å². The molecule has 7 heteroatoms. The second-order valence-corrected chi connectivity index (χ2v) is 8.10. The van der Waals surface area contributed by atoms with Crippen molar-refractivity contribution >= 4 is 32.2 Å². The van der Waals surface area contributed by atoms with Crippen LogP contribution in [0.3, 0.4) is 0 Å². The molecule has 0 bridgehead atoms. The van der Waals surface area contributed by atoms with Crippen molar-refractivity contribution in [2.75, 3.05) is 18.6 Å². The van der Waals surface area contributed by atoms with Crippen molar-refractivity contribution in [2.45, 2.75) is 30.6 Å². The maximum absolute atomic E-state index is 12.1. The number of rotatable bonds is 3. The molecule has 1 aliphatic rings. The number of carbonyl (C=O) groups is 1. The van der Waals surface area contributed by atoms with Crippen molar-refractivity contribution < 1.29 is 13.2 Å². The zero-order valence-corrected chi connectivity index (χ0v) is 12.6. The highest BCUT2D eigenvalue weighted by Gasteiger charge is 2.38. The van der Waals surface area contributed by atoms with E-state index in [9.17, 15) is 13.2 Å². The van der Waals surface area contributed by atoms with Gasteiger partial charge in [0.05, 0.1) is 10.3 Å². The summed E-state index contributed by atoms with van der Waals surface area (Å²) >= 11 is 1.44. The van der Waals surface area contributed by atoms with Gasteiger partial charge in [0.25, 0.3) is 0 Å². The molecule has 2 atom stereocenters. The average molecular weight is 302 g/mol. The lowest BCUT2D eigenvalue weighted by molar-refractivity contribution is 0.205. The second kappa shape index (κ2) is 5.50. The summed E-state index contributed by atoms with van der Waals surface area (Å²) in [6.07, 6.45) is 3.48. The van der Waals surface area contributed by atoms with E-state index in [2.05, 4.69) is 5.32 Å². The second-order valence-electron chi connectivity index (χ2n) is 4.88. The fraction of sp³-hybridized carbons (Fsp3) is 0.583. The van der Waals surface area contributed by atoms with Crippen LogP contribution < -0.4 is 5.32 Å². The van der Waals surface area contributed by atoms with Crippen LogP contribution in [-0.2, 0) is 9.84 Å². The maximum atomic E-state index is 12.1. The van der Waals surface area contributed by atoms with E-state index < -0.39 is 15.1 Å². The first kappa shape index (κ1) is 14.3. The summed E-state index contributed by atoms with van der Waals surface area (Å²) in [5.74, 6) is 0. The van der Waals surface area contributed by atoms with Crippen LogP contribution >= 0.6 is 11.3 Å². The van der Waals surface area contributed by atoms with Gasteiger partial charge >= 0.3 is 6.03 Å². The van der Waals surface area contributed by atoms with Crippen LogP contribution in [0.25, 0.3) is 0 Å². The normalized spacial score (nSPS) is 23.3. The third-order valence-electron chi connectivity index (χ3n) is 3.54. The fourth-order valence-corrected chi connectivity index (χ4v) is 4.63. The lowest BCUT2D eigenvalue weighted by Gasteiger charge is -2.28. The van der Waals surface area contributed by atoms with E-state index in [1.54, 1.807) is 7.05 Å². The van der Waals surface area contributed by atoms with Crippen molar-refractivity contribution in [3.05, 3.63) is 17.5 Å². The molecular formula is C12H18N2O3S2. The largest absolute Gasteiger partial charge is 0.323 e. The highest BCUT2D eigenvalue weighted by atomic mass is 32.2. The van der Waals surface area contributed by atoms with Crippen LogP contribution in [0.4, 0.5) is 9.80 Å². The molecule has 1 aliphatic carbocycles. The molecule has 2 amide bonds. The molecule has 1 heterocycles. The SMILES string of the molecule is CN(C(=O)Nc1cccs1)[C@H]1CCC[C@H]1S(C)(=O)=O. The molecule has 1 aromatic heterocycles. The summed E-state index contributed by atoms with van der Waals surface area (Å²) in [5, 5.41) is 4.99. The third-order valence-corrected chi connectivity index (χ3v) is 5.97. The van der Waals surface area contributed by atoms with Crippen molar-refractivity contribution in [1.82, 2.24) is 4.90 Å². The minimum absolute atomic E-state index is 0.227. The Hall–Kier alpha value is -1.08. The standard InChI is InChI=1S/C12H18N2O3S2/c1-14(12(15)13-11-7-4-8-18-11)9-5-3-6-10(9)19(2,16)17/h4,7-10H,3,5-6H2,1-2H3,(H,13,15)/t9-,10+/m0/s1. The van der Waals surface area contributed by atoms with Crippen LogP contribution in [0, 0.1) is 0 Å². The van der Waals surface area contributed by atoms with E-state index in [0.717, 1.165) is 17.8 Å². The molecule has 0 unspecified atom stereocenters. The van der Waals surface area contributed by atoms with Crippen molar-refractivity contribution in [2.24, 2.45) is 0 Å². The predicted molar refractivity (Wildman–Crippen MR) is 77.4 cm³/mol. The van der Waals surface area contributed by atoms with Gasteiger partial charge in [0.1, 0.15) is 0 Å². The van der Waals surface area contributed by atoms with Gasteiger partial charge in [-0.2, -0.15) is 0 Å². The first-order valence-electron chi connectivity index (χ1n) is 6.16. The number of anilines is 1. The fourth-order valence-electron chi connectivity index (χ4n) is 2.54. The summed E-state index contributed by atoms with van der Waals surface area (Å²) in [5.41, 5.74) is 0. The van der Waals surface area contributed by atoms with Crippen molar-refractivity contribution in [3.63, 3.8) is 0 Å². The van der Waals surface area contributed by atoms with Crippen LogP contribution in [0.2, 0.25) is 0 Å². The zero-order chi connectivity index (χ0) is 14.0. The molecule has 1 aromatic rings. The molecule has 0 spiro atoms. The number of carbonyl (C=O) groups excluding carboxylic acids is 1. The minimum Gasteiger partial charge on any atom is -0.323 e. The summed E-state index contributed by atoms with van der Waals surface area (Å²) in [4.78, 5) is 13.6. The highest BCUT2D eigenvalue weighted by molar-refractivity contribution is 7.91. The van der Waals surface area contributed by atoms with E-state index in [1.807, 2.05) is 17.5 Å². The Labute approximate surface area is 117 Å². The summed E-state index contributed by atoms with van der Waals surface area (Å²) in [6.45, 7) is 0. The molecule has 1 N–H and O–H groups in total. The van der Waals surface area contributed by atoms with Gasteiger partial charge in [-0.05, 0) is 36.8 Å². The molecule has 106 valence electrons. The predicted octanol–water partition coefficient (Wildman–Crippen LogP) is 2.18. The van der Waals surface area contributed by atoms with E-state index in [0.29, 0.717) is 6.42 Å². The molecule has 0 radical (unpaired) electrons. The van der Waals surface area contributed by atoms with E-state index in [4.69, 9.17) is 0 Å². The smallest absolute Gasteiger partial charge is 0.322 e. The van der Waals surface area contributed by atoms with Gasteiger partial charge in [0.15, 0.2) is 9.84 Å². The lowest BCUT2D eigenvalue weighted by Crippen LogP contribution is -2.46. The quantitative estimate of drug-likeness (QED) is 0.930. The molecule has 0 aromatic carbocycles. The number of sulfone groups is 1. The highest BCUT2D eigenvalue weighted by Crippen LogP contribution is 2.29. The first-order valence-corrected chi connectivity index (χ1v) is 8.99. The van der Waals surface area contributed by atoms with Gasteiger partial charge in [0.2, 0.25) is 0 Å². The van der Waals surface area contributed by atoms with E-state index in [1.165, 1.54) is 22.5 Å². The Kier molecular flexibility index (Phi) is 4.15. The van der Waals surface area contributed by atoms with Gasteiger partial charge in [-0.15, -0.1) is 11.3 Å². The number of nitrogens with zero attached hydrogens (tertiary/aromatic N) is 1. The first-order chi connectivity index (χ1) is 8.89. The summed E-state index contributed by atoms with van der Waals surface area (Å²) in [7, 11) is -1.45. The Morgan fingerprint density at radius 1 is 1.47 bits per heavy atom. The van der Waals surface area contributed by atoms with Gasteiger partial charge in [-0.3, -0.25) is 5.32 Å².